The first-order valence-electron chi connectivity index (χ1n) is 11.6. The second-order valence-electron chi connectivity index (χ2n) is 8.85. The van der Waals surface area contributed by atoms with E-state index in [1.54, 1.807) is 31.2 Å². The zero-order valence-corrected chi connectivity index (χ0v) is 22.4. The van der Waals surface area contributed by atoms with E-state index >= 15 is 0 Å². The number of hydrogen-bond donors (Lipinski definition) is 2. The molecular weight excluding hydrogens is 535 g/mol. The van der Waals surface area contributed by atoms with Crippen molar-refractivity contribution in [2.24, 2.45) is 0 Å². The molecule has 3 rings (SSSR count). The van der Waals surface area contributed by atoms with E-state index in [1.165, 1.54) is 30.9 Å². The minimum Gasteiger partial charge on any atom is -0.345 e. The molecule has 0 aliphatic carbocycles. The zero-order valence-electron chi connectivity index (χ0n) is 20.9. The van der Waals surface area contributed by atoms with Gasteiger partial charge >= 0.3 is 0 Å². The maximum absolute atomic E-state index is 13.7. The van der Waals surface area contributed by atoms with Crippen LogP contribution >= 0.6 is 23.2 Å². The Hall–Kier alpha value is -3.76. The van der Waals surface area contributed by atoms with Crippen LogP contribution in [0.2, 0.25) is 10.0 Å². The van der Waals surface area contributed by atoms with E-state index in [9.17, 15) is 28.8 Å². The number of anilines is 2. The topological polar surface area (TPSA) is 133 Å². The second kappa shape index (κ2) is 12.2. The van der Waals surface area contributed by atoms with Crippen LogP contribution in [0.15, 0.2) is 36.4 Å². The van der Waals surface area contributed by atoms with E-state index in [0.29, 0.717) is 17.5 Å². The second-order valence-corrected chi connectivity index (χ2v) is 9.66. The first kappa shape index (κ1) is 28.8. The summed E-state index contributed by atoms with van der Waals surface area (Å²) in [4.78, 5) is 77.4. The predicted molar refractivity (Wildman–Crippen MR) is 143 cm³/mol. The van der Waals surface area contributed by atoms with Crippen LogP contribution in [0.4, 0.5) is 11.4 Å². The fourth-order valence-corrected chi connectivity index (χ4v) is 4.50. The van der Waals surface area contributed by atoms with Gasteiger partial charge in [0, 0.05) is 29.0 Å². The maximum Gasteiger partial charge on any atom is 0.252 e. The van der Waals surface area contributed by atoms with Gasteiger partial charge in [-0.25, -0.2) is 0 Å². The van der Waals surface area contributed by atoms with E-state index in [-0.39, 0.29) is 46.0 Å². The molecule has 1 aliphatic rings. The van der Waals surface area contributed by atoms with Crippen LogP contribution in [0, 0.1) is 6.92 Å². The number of para-hydroxylation sites is 2. The third-order valence-electron chi connectivity index (χ3n) is 5.94. The van der Waals surface area contributed by atoms with Gasteiger partial charge < -0.3 is 20.3 Å². The summed E-state index contributed by atoms with van der Waals surface area (Å²) in [5.74, 6) is -2.71. The number of Topliss-reactive ketones (excluding diaryl/α,β-unsaturated/α-hetero) is 1. The molecule has 4 amide bonds. The first-order valence-corrected chi connectivity index (χ1v) is 12.4. The quantitative estimate of drug-likeness (QED) is 0.476. The van der Waals surface area contributed by atoms with E-state index in [2.05, 4.69) is 10.6 Å². The number of nitrogens with zero attached hydrogens (tertiary/aromatic N) is 2. The SMILES string of the molecule is CC(=O)C[C@@H](C=O)NC(=O)CN1C(=O)[C@@H](NC(=O)c2cc(Cl)c(C)c(Cl)c2)CN(C(C)=O)c2ccccc21. The molecule has 0 saturated heterocycles. The summed E-state index contributed by atoms with van der Waals surface area (Å²) in [6.07, 6.45) is 0.244. The number of benzene rings is 2. The summed E-state index contributed by atoms with van der Waals surface area (Å²) in [5, 5.41) is 5.59. The Morgan fingerprint density at radius 3 is 2.24 bits per heavy atom. The number of aldehydes is 1. The van der Waals surface area contributed by atoms with Gasteiger partial charge in [-0.2, -0.15) is 0 Å². The lowest BCUT2D eigenvalue weighted by Crippen LogP contribution is -2.54. The lowest BCUT2D eigenvalue weighted by Gasteiger charge is -2.25. The molecule has 0 spiro atoms. The molecule has 12 heteroatoms. The molecule has 2 atom stereocenters. The van der Waals surface area contributed by atoms with Gasteiger partial charge in [-0.15, -0.1) is 0 Å². The van der Waals surface area contributed by atoms with Crippen molar-refractivity contribution in [3.05, 3.63) is 57.6 Å². The molecule has 0 unspecified atom stereocenters. The number of halogens is 2. The highest BCUT2D eigenvalue weighted by Crippen LogP contribution is 2.33. The van der Waals surface area contributed by atoms with Crippen molar-refractivity contribution in [1.29, 1.82) is 0 Å². The zero-order chi connectivity index (χ0) is 28.1. The largest absolute Gasteiger partial charge is 0.345 e. The minimum absolute atomic E-state index is 0.108. The van der Waals surface area contributed by atoms with Crippen molar-refractivity contribution in [1.82, 2.24) is 10.6 Å². The third kappa shape index (κ3) is 6.56. The van der Waals surface area contributed by atoms with Crippen molar-refractivity contribution in [3.8, 4) is 0 Å². The molecule has 0 radical (unpaired) electrons. The summed E-state index contributed by atoms with van der Waals surface area (Å²) >= 11 is 12.3. The van der Waals surface area contributed by atoms with Crippen LogP contribution in [0.5, 0.6) is 0 Å². The fraction of sp³-hybridized carbons (Fsp3) is 0.308. The molecule has 1 aliphatic heterocycles. The molecule has 1 heterocycles. The standard InChI is InChI=1S/C26H26Cl2N4O6/c1-14(34)8-18(13-33)29-24(36)12-32-23-7-5-4-6-22(23)31(16(3)35)11-21(26(32)38)30-25(37)17-9-19(27)15(2)20(28)10-17/h4-7,9-10,13,18,21H,8,11-12H2,1-3H3,(H,29,36)(H,30,37)/t18-,21-/m0/s1. The Balaban J connectivity index is 1.96. The van der Waals surface area contributed by atoms with Crippen LogP contribution in [0.3, 0.4) is 0 Å². The average molecular weight is 561 g/mol. The third-order valence-corrected chi connectivity index (χ3v) is 6.73. The van der Waals surface area contributed by atoms with Crippen LogP contribution in [0.25, 0.3) is 0 Å². The highest BCUT2D eigenvalue weighted by molar-refractivity contribution is 6.36. The lowest BCUT2D eigenvalue weighted by atomic mass is 10.1. The van der Waals surface area contributed by atoms with Gasteiger partial charge in [-0.1, -0.05) is 35.3 Å². The normalized spacial score (nSPS) is 15.7. The number of nitrogens with one attached hydrogen (secondary N) is 2. The van der Waals surface area contributed by atoms with Crippen LogP contribution in [0.1, 0.15) is 36.2 Å². The van der Waals surface area contributed by atoms with Crippen LogP contribution < -0.4 is 20.4 Å². The minimum atomic E-state index is -1.25. The maximum atomic E-state index is 13.7. The molecule has 10 nitrogen and oxygen atoms in total. The highest BCUT2D eigenvalue weighted by Gasteiger charge is 2.37. The number of ketones is 1. The molecule has 200 valence electrons. The summed E-state index contributed by atoms with van der Waals surface area (Å²) < 4.78 is 0. The lowest BCUT2D eigenvalue weighted by molar-refractivity contribution is -0.127. The molecule has 0 saturated carbocycles. The van der Waals surface area contributed by atoms with Crippen molar-refractivity contribution < 1.29 is 28.8 Å². The molecule has 2 N–H and O–H groups in total. The van der Waals surface area contributed by atoms with Gasteiger partial charge in [0.05, 0.1) is 24.0 Å². The van der Waals surface area contributed by atoms with Crippen molar-refractivity contribution in [2.45, 2.75) is 39.3 Å². The monoisotopic (exact) mass is 560 g/mol. The number of carbonyl (C=O) groups is 6. The summed E-state index contributed by atoms with van der Waals surface area (Å²) in [6.45, 7) is 3.56. The Bertz CT molecular complexity index is 1290. The van der Waals surface area contributed by atoms with Crippen LogP contribution in [-0.2, 0) is 24.0 Å². The van der Waals surface area contributed by atoms with Gasteiger partial charge in [0.2, 0.25) is 11.8 Å². The number of carbonyl (C=O) groups excluding carboxylic acids is 6. The molecule has 0 fully saturated rings. The number of rotatable bonds is 8. The Morgan fingerprint density at radius 2 is 1.68 bits per heavy atom. The van der Waals surface area contributed by atoms with Crippen molar-refractivity contribution in [2.75, 3.05) is 22.9 Å². The van der Waals surface area contributed by atoms with Gasteiger partial charge in [-0.3, -0.25) is 28.9 Å². The predicted octanol–water partition coefficient (Wildman–Crippen LogP) is 2.46. The summed E-state index contributed by atoms with van der Waals surface area (Å²) in [6, 6.07) is 7.00. The first-order chi connectivity index (χ1) is 17.9. The Morgan fingerprint density at radius 1 is 1.08 bits per heavy atom. The van der Waals surface area contributed by atoms with E-state index < -0.39 is 36.3 Å². The Labute approximate surface area is 229 Å². The van der Waals surface area contributed by atoms with Gasteiger partial charge in [-0.05, 0) is 43.7 Å². The molecule has 0 bridgehead atoms. The number of hydrogen-bond acceptors (Lipinski definition) is 6. The summed E-state index contributed by atoms with van der Waals surface area (Å²) in [5.41, 5.74) is 1.31. The smallest absolute Gasteiger partial charge is 0.252 e. The summed E-state index contributed by atoms with van der Waals surface area (Å²) in [7, 11) is 0. The molecule has 2 aromatic carbocycles. The molecule has 2 aromatic rings. The van der Waals surface area contributed by atoms with Crippen molar-refractivity contribution >= 4 is 70.3 Å². The molecule has 0 aromatic heterocycles. The number of amides is 4. The van der Waals surface area contributed by atoms with Crippen molar-refractivity contribution in [3.63, 3.8) is 0 Å². The molecule has 38 heavy (non-hydrogen) atoms. The van der Waals surface area contributed by atoms with E-state index in [1.807, 2.05) is 0 Å². The fourth-order valence-electron chi connectivity index (χ4n) is 4.01. The van der Waals surface area contributed by atoms with Gasteiger partial charge in [0.15, 0.2) is 0 Å². The number of fused-ring (bicyclic) bond motifs is 1. The van der Waals surface area contributed by atoms with E-state index in [4.69, 9.17) is 23.2 Å². The highest BCUT2D eigenvalue weighted by atomic mass is 35.5. The average Bonchev–Trinajstić information content (AvgIpc) is 2.96. The van der Waals surface area contributed by atoms with E-state index in [0.717, 1.165) is 4.90 Å². The molecular formula is C26H26Cl2N4O6. The Kier molecular flexibility index (Phi) is 9.24. The van der Waals surface area contributed by atoms with Gasteiger partial charge in [0.1, 0.15) is 24.7 Å². The van der Waals surface area contributed by atoms with Gasteiger partial charge in [0.25, 0.3) is 11.8 Å². The van der Waals surface area contributed by atoms with Crippen LogP contribution in [-0.4, -0.2) is 60.9 Å².